The Morgan fingerprint density at radius 3 is 2.31 bits per heavy atom. The number of anilines is 1. The summed E-state index contributed by atoms with van der Waals surface area (Å²) in [6.07, 6.45) is 0.0868. The van der Waals surface area contributed by atoms with Crippen molar-refractivity contribution in [2.24, 2.45) is 0 Å². The summed E-state index contributed by atoms with van der Waals surface area (Å²) < 4.78 is 40.2. The van der Waals surface area contributed by atoms with Crippen LogP contribution >= 0.6 is 0 Å². The summed E-state index contributed by atoms with van der Waals surface area (Å²) in [5.74, 6) is -0.0132. The molecule has 0 atom stereocenters. The Bertz CT molecular complexity index is 730. The second kappa shape index (κ2) is 7.59. The second-order valence-electron chi connectivity index (χ2n) is 5.86. The predicted molar refractivity (Wildman–Crippen MR) is 87.9 cm³/mol. The van der Waals surface area contributed by atoms with Crippen LogP contribution in [0.4, 0.5) is 19.1 Å². The minimum Gasteiger partial charge on any atom is -0.406 e. The minimum absolute atomic E-state index is 0.00596. The number of piperidine rings is 1. The molecular weight excluding hydrogens is 349 g/mol. The standard InChI is InChI=1S/C17H17F3N4O2/c18-17(19,20)26-14-4-2-12(3-5-14)15(25)23-13-6-10-24(11-7-13)16-21-8-1-9-22-16/h1-5,8-9,13H,6-7,10-11H2,(H,23,25). The lowest BCUT2D eigenvalue weighted by atomic mass is 10.0. The Morgan fingerprint density at radius 2 is 1.73 bits per heavy atom. The topological polar surface area (TPSA) is 67.4 Å². The fraction of sp³-hybridized carbons (Fsp3) is 0.353. The van der Waals surface area contributed by atoms with Gasteiger partial charge in [-0.3, -0.25) is 4.79 Å². The zero-order valence-electron chi connectivity index (χ0n) is 13.7. The van der Waals surface area contributed by atoms with Crippen LogP contribution in [-0.2, 0) is 0 Å². The highest BCUT2D eigenvalue weighted by Crippen LogP contribution is 2.23. The Kier molecular flexibility index (Phi) is 5.24. The summed E-state index contributed by atoms with van der Waals surface area (Å²) in [4.78, 5) is 22.7. The van der Waals surface area contributed by atoms with E-state index in [1.807, 2.05) is 4.90 Å². The number of halogens is 3. The van der Waals surface area contributed by atoms with Crippen LogP contribution in [0.15, 0.2) is 42.7 Å². The van der Waals surface area contributed by atoms with E-state index >= 15 is 0 Å². The molecule has 0 saturated carbocycles. The number of hydrogen-bond donors (Lipinski definition) is 1. The maximum Gasteiger partial charge on any atom is 0.573 e. The summed E-state index contributed by atoms with van der Waals surface area (Å²) in [7, 11) is 0. The van der Waals surface area contributed by atoms with Gasteiger partial charge in [-0.2, -0.15) is 0 Å². The molecule has 1 amide bonds. The van der Waals surface area contributed by atoms with Gasteiger partial charge in [-0.05, 0) is 43.2 Å². The van der Waals surface area contributed by atoms with E-state index in [4.69, 9.17) is 0 Å². The van der Waals surface area contributed by atoms with Crippen LogP contribution in [0.2, 0.25) is 0 Å². The van der Waals surface area contributed by atoms with Crippen LogP contribution in [0.5, 0.6) is 5.75 Å². The van der Waals surface area contributed by atoms with Gasteiger partial charge in [0.2, 0.25) is 5.95 Å². The van der Waals surface area contributed by atoms with Crippen molar-refractivity contribution < 1.29 is 22.7 Å². The van der Waals surface area contributed by atoms with E-state index in [1.165, 1.54) is 12.1 Å². The number of nitrogens with zero attached hydrogens (tertiary/aromatic N) is 3. The number of carbonyl (C=O) groups excluding carboxylic acids is 1. The second-order valence-corrected chi connectivity index (χ2v) is 5.86. The molecule has 0 radical (unpaired) electrons. The third kappa shape index (κ3) is 4.84. The fourth-order valence-electron chi connectivity index (χ4n) is 2.76. The summed E-state index contributed by atoms with van der Waals surface area (Å²) in [5.41, 5.74) is 0.286. The highest BCUT2D eigenvalue weighted by molar-refractivity contribution is 5.94. The van der Waals surface area contributed by atoms with Crippen molar-refractivity contribution in [2.45, 2.75) is 25.2 Å². The molecule has 1 aliphatic heterocycles. The number of hydrogen-bond acceptors (Lipinski definition) is 5. The van der Waals surface area contributed by atoms with Gasteiger partial charge < -0.3 is 15.0 Å². The summed E-state index contributed by atoms with van der Waals surface area (Å²) >= 11 is 0. The first-order valence-electron chi connectivity index (χ1n) is 8.09. The molecule has 0 bridgehead atoms. The molecule has 9 heteroatoms. The van der Waals surface area contributed by atoms with E-state index in [0.717, 1.165) is 25.0 Å². The maximum atomic E-state index is 12.2. The number of ether oxygens (including phenoxy) is 1. The summed E-state index contributed by atoms with van der Waals surface area (Å²) in [6.45, 7) is 1.43. The molecule has 1 aromatic carbocycles. The smallest absolute Gasteiger partial charge is 0.406 e. The van der Waals surface area contributed by atoms with Crippen LogP contribution in [0.25, 0.3) is 0 Å². The quantitative estimate of drug-likeness (QED) is 0.901. The Labute approximate surface area is 148 Å². The molecule has 6 nitrogen and oxygen atoms in total. The molecule has 1 fully saturated rings. The van der Waals surface area contributed by atoms with E-state index in [0.29, 0.717) is 19.0 Å². The first-order chi connectivity index (χ1) is 12.4. The van der Waals surface area contributed by atoms with Crippen LogP contribution in [-0.4, -0.2) is 41.4 Å². The Hall–Kier alpha value is -2.84. The van der Waals surface area contributed by atoms with Gasteiger partial charge in [0, 0.05) is 37.1 Å². The summed E-state index contributed by atoms with van der Waals surface area (Å²) in [6, 6.07) is 6.61. The number of rotatable bonds is 4. The van der Waals surface area contributed by atoms with Gasteiger partial charge >= 0.3 is 6.36 Å². The SMILES string of the molecule is O=C(NC1CCN(c2ncccn2)CC1)c1ccc(OC(F)(F)F)cc1. The molecule has 3 rings (SSSR count). The fourth-order valence-corrected chi connectivity index (χ4v) is 2.76. The maximum absolute atomic E-state index is 12.2. The zero-order chi connectivity index (χ0) is 18.6. The third-order valence-electron chi connectivity index (χ3n) is 4.02. The average molecular weight is 366 g/mol. The van der Waals surface area contributed by atoms with E-state index in [2.05, 4.69) is 20.0 Å². The van der Waals surface area contributed by atoms with Crippen molar-refractivity contribution in [3.05, 3.63) is 48.3 Å². The highest BCUT2D eigenvalue weighted by atomic mass is 19.4. The first-order valence-corrected chi connectivity index (χ1v) is 8.09. The predicted octanol–water partition coefficient (Wildman–Crippen LogP) is 2.77. The largest absolute Gasteiger partial charge is 0.573 e. The lowest BCUT2D eigenvalue weighted by molar-refractivity contribution is -0.274. The molecule has 1 saturated heterocycles. The number of nitrogens with one attached hydrogen (secondary N) is 1. The van der Waals surface area contributed by atoms with Crippen molar-refractivity contribution in [1.82, 2.24) is 15.3 Å². The third-order valence-corrected chi connectivity index (χ3v) is 4.02. The van der Waals surface area contributed by atoms with Gasteiger partial charge in [-0.25, -0.2) is 9.97 Å². The number of benzene rings is 1. The lowest BCUT2D eigenvalue weighted by Gasteiger charge is -2.32. The molecule has 1 aliphatic rings. The van der Waals surface area contributed by atoms with Crippen LogP contribution in [0.3, 0.4) is 0 Å². The van der Waals surface area contributed by atoms with Gasteiger partial charge in [0.05, 0.1) is 0 Å². The molecule has 138 valence electrons. The molecular formula is C17H17F3N4O2. The Morgan fingerprint density at radius 1 is 1.12 bits per heavy atom. The van der Waals surface area contributed by atoms with Crippen molar-refractivity contribution in [3.63, 3.8) is 0 Å². The van der Waals surface area contributed by atoms with Crippen LogP contribution in [0, 0.1) is 0 Å². The van der Waals surface area contributed by atoms with E-state index < -0.39 is 6.36 Å². The van der Waals surface area contributed by atoms with Gasteiger partial charge in [-0.1, -0.05) is 0 Å². The Balaban J connectivity index is 1.51. The number of amides is 1. The number of alkyl halides is 3. The highest BCUT2D eigenvalue weighted by Gasteiger charge is 2.31. The van der Waals surface area contributed by atoms with Crippen molar-refractivity contribution in [1.29, 1.82) is 0 Å². The number of carbonyl (C=O) groups is 1. The molecule has 26 heavy (non-hydrogen) atoms. The van der Waals surface area contributed by atoms with E-state index in [9.17, 15) is 18.0 Å². The normalized spacial score (nSPS) is 15.6. The molecule has 1 aromatic heterocycles. The minimum atomic E-state index is -4.75. The van der Waals surface area contributed by atoms with Crippen molar-refractivity contribution in [2.75, 3.05) is 18.0 Å². The zero-order valence-corrected chi connectivity index (χ0v) is 13.7. The molecule has 0 aliphatic carbocycles. The van der Waals surface area contributed by atoms with Gasteiger partial charge in [0.25, 0.3) is 5.91 Å². The van der Waals surface area contributed by atoms with Crippen LogP contribution < -0.4 is 15.0 Å². The van der Waals surface area contributed by atoms with Gasteiger partial charge in [0.15, 0.2) is 0 Å². The monoisotopic (exact) mass is 366 g/mol. The first kappa shape index (κ1) is 18.0. The summed E-state index contributed by atoms with van der Waals surface area (Å²) in [5, 5.41) is 2.91. The van der Waals surface area contributed by atoms with Crippen molar-refractivity contribution >= 4 is 11.9 Å². The van der Waals surface area contributed by atoms with Crippen molar-refractivity contribution in [3.8, 4) is 5.75 Å². The van der Waals surface area contributed by atoms with Gasteiger partial charge in [-0.15, -0.1) is 13.2 Å². The average Bonchev–Trinajstić information content (AvgIpc) is 2.62. The van der Waals surface area contributed by atoms with E-state index in [1.54, 1.807) is 18.5 Å². The molecule has 2 heterocycles. The molecule has 1 N–H and O–H groups in total. The molecule has 0 unspecified atom stereocenters. The van der Waals surface area contributed by atoms with Gasteiger partial charge in [0.1, 0.15) is 5.75 Å². The van der Waals surface area contributed by atoms with E-state index in [-0.39, 0.29) is 23.3 Å². The number of aromatic nitrogens is 2. The lowest BCUT2D eigenvalue weighted by Crippen LogP contribution is -2.45. The molecule has 0 spiro atoms. The van der Waals surface area contributed by atoms with Crippen LogP contribution in [0.1, 0.15) is 23.2 Å². The molecule has 2 aromatic rings.